The molecule has 0 saturated heterocycles. The molecule has 0 atom stereocenters. The third-order valence-electron chi connectivity index (χ3n) is 3.77. The van der Waals surface area contributed by atoms with Crippen molar-refractivity contribution in [2.45, 2.75) is 0 Å². The molecule has 26 heavy (non-hydrogen) atoms. The Morgan fingerprint density at radius 2 is 1.73 bits per heavy atom. The van der Waals surface area contributed by atoms with E-state index in [1.807, 2.05) is 30.3 Å². The Bertz CT molecular complexity index is 937. The number of nitrogens with one attached hydrogen (secondary N) is 1. The summed E-state index contributed by atoms with van der Waals surface area (Å²) in [6.07, 6.45) is 1.51. The quantitative estimate of drug-likeness (QED) is 0.673. The number of amides is 1. The molecule has 3 aromatic rings. The van der Waals surface area contributed by atoms with E-state index in [0.29, 0.717) is 28.3 Å². The summed E-state index contributed by atoms with van der Waals surface area (Å²) < 4.78 is 5.09. The molecule has 0 aliphatic rings. The van der Waals surface area contributed by atoms with Crippen molar-refractivity contribution in [1.82, 2.24) is 0 Å². The highest BCUT2D eigenvalue weighted by atomic mass is 16.5. The number of methoxy groups -OCH3 is 1. The van der Waals surface area contributed by atoms with Crippen molar-refractivity contribution in [3.05, 3.63) is 83.9 Å². The van der Waals surface area contributed by atoms with Crippen LogP contribution in [0.15, 0.2) is 77.8 Å². The number of anilines is 1. The van der Waals surface area contributed by atoms with Crippen LogP contribution in [0.3, 0.4) is 0 Å². The molecule has 0 heterocycles. The van der Waals surface area contributed by atoms with Crippen LogP contribution >= 0.6 is 0 Å². The van der Waals surface area contributed by atoms with E-state index in [1.165, 1.54) is 13.3 Å². The second-order valence-electron chi connectivity index (χ2n) is 5.49. The first-order valence-corrected chi connectivity index (χ1v) is 8.04. The zero-order valence-electron chi connectivity index (χ0n) is 14.2. The number of phenolic OH excluding ortho intramolecular Hbond substituents is 1. The number of carbonyl (C=O) groups is 1. The Labute approximate surface area is 151 Å². The van der Waals surface area contributed by atoms with Gasteiger partial charge in [0.1, 0.15) is 0 Å². The number of hydrogen-bond acceptors (Lipinski definition) is 4. The van der Waals surface area contributed by atoms with Gasteiger partial charge in [-0.1, -0.05) is 36.4 Å². The summed E-state index contributed by atoms with van der Waals surface area (Å²) in [5.74, 6) is 0.118. The molecule has 0 bridgehead atoms. The predicted octanol–water partition coefficient (Wildman–Crippen LogP) is 4.40. The van der Waals surface area contributed by atoms with Gasteiger partial charge in [-0.2, -0.15) is 0 Å². The lowest BCUT2D eigenvalue weighted by Gasteiger charge is -2.08. The van der Waals surface area contributed by atoms with Gasteiger partial charge < -0.3 is 15.2 Å². The van der Waals surface area contributed by atoms with E-state index in [2.05, 4.69) is 10.3 Å². The number of phenols is 1. The number of carbonyl (C=O) groups excluding carboxylic acids is 1. The smallest absolute Gasteiger partial charge is 0.257 e. The first kappa shape index (κ1) is 17.2. The molecule has 0 radical (unpaired) electrons. The molecule has 5 nitrogen and oxygen atoms in total. The number of aromatic hydroxyl groups is 1. The van der Waals surface area contributed by atoms with Crippen molar-refractivity contribution < 1.29 is 14.6 Å². The fraction of sp³-hybridized carbons (Fsp3) is 0.0476. The Hall–Kier alpha value is -3.60. The molecule has 0 aliphatic heterocycles. The van der Waals surface area contributed by atoms with E-state index in [-0.39, 0.29) is 11.7 Å². The lowest BCUT2D eigenvalue weighted by molar-refractivity contribution is 0.102. The maximum Gasteiger partial charge on any atom is 0.257 e. The number of benzene rings is 3. The van der Waals surface area contributed by atoms with Crippen molar-refractivity contribution in [2.24, 2.45) is 4.99 Å². The normalized spacial score (nSPS) is 10.7. The van der Waals surface area contributed by atoms with Crippen molar-refractivity contribution in [2.75, 3.05) is 12.4 Å². The molecule has 130 valence electrons. The Morgan fingerprint density at radius 1 is 1.00 bits per heavy atom. The van der Waals surface area contributed by atoms with Gasteiger partial charge in [0.15, 0.2) is 11.5 Å². The molecule has 0 spiro atoms. The predicted molar refractivity (Wildman–Crippen MR) is 103 cm³/mol. The first-order valence-electron chi connectivity index (χ1n) is 8.04. The Morgan fingerprint density at radius 3 is 2.50 bits per heavy atom. The number of ether oxygens (including phenoxy) is 1. The van der Waals surface area contributed by atoms with Gasteiger partial charge in [-0.05, 0) is 36.4 Å². The summed E-state index contributed by atoms with van der Waals surface area (Å²) in [4.78, 5) is 16.9. The van der Waals surface area contributed by atoms with Crippen LogP contribution in [0, 0.1) is 0 Å². The van der Waals surface area contributed by atoms with E-state index in [0.717, 1.165) is 0 Å². The molecule has 5 heteroatoms. The highest BCUT2D eigenvalue weighted by Gasteiger charge is 2.11. The fourth-order valence-electron chi connectivity index (χ4n) is 2.45. The second-order valence-corrected chi connectivity index (χ2v) is 5.49. The Balaban J connectivity index is 1.87. The van der Waals surface area contributed by atoms with Crippen molar-refractivity contribution in [3.63, 3.8) is 0 Å². The van der Waals surface area contributed by atoms with Crippen molar-refractivity contribution in [1.29, 1.82) is 0 Å². The van der Waals surface area contributed by atoms with Gasteiger partial charge in [-0.25, -0.2) is 0 Å². The zero-order chi connectivity index (χ0) is 18.4. The monoisotopic (exact) mass is 346 g/mol. The molecule has 0 aliphatic carbocycles. The molecule has 2 N–H and O–H groups in total. The van der Waals surface area contributed by atoms with Crippen LogP contribution < -0.4 is 10.1 Å². The van der Waals surface area contributed by atoms with Gasteiger partial charge >= 0.3 is 0 Å². The third-order valence-corrected chi connectivity index (χ3v) is 3.77. The maximum atomic E-state index is 12.6. The van der Waals surface area contributed by atoms with Gasteiger partial charge in [0.2, 0.25) is 0 Å². The summed E-state index contributed by atoms with van der Waals surface area (Å²) in [6.45, 7) is 0. The first-order chi connectivity index (χ1) is 12.7. The molecule has 3 rings (SSSR count). The van der Waals surface area contributed by atoms with E-state index in [4.69, 9.17) is 4.74 Å². The average Bonchev–Trinajstić information content (AvgIpc) is 2.68. The van der Waals surface area contributed by atoms with Gasteiger partial charge in [-0.15, -0.1) is 0 Å². The molecule has 3 aromatic carbocycles. The van der Waals surface area contributed by atoms with Gasteiger partial charge in [0.25, 0.3) is 5.91 Å². The van der Waals surface area contributed by atoms with Crippen LogP contribution in [0.2, 0.25) is 0 Å². The molecular weight excluding hydrogens is 328 g/mol. The minimum absolute atomic E-state index is 0.00460. The molecule has 0 saturated carbocycles. The zero-order valence-corrected chi connectivity index (χ0v) is 14.2. The number of nitrogens with zero attached hydrogens (tertiary/aromatic N) is 1. The molecule has 0 aromatic heterocycles. The van der Waals surface area contributed by atoms with Crippen LogP contribution in [-0.2, 0) is 0 Å². The molecule has 0 unspecified atom stereocenters. The minimum Gasteiger partial charge on any atom is -0.504 e. The van der Waals surface area contributed by atoms with Crippen LogP contribution in [0.25, 0.3) is 0 Å². The highest BCUT2D eigenvalue weighted by Crippen LogP contribution is 2.29. The number of para-hydroxylation sites is 3. The second kappa shape index (κ2) is 7.98. The third kappa shape index (κ3) is 3.89. The van der Waals surface area contributed by atoms with Gasteiger partial charge in [0, 0.05) is 17.5 Å². The van der Waals surface area contributed by atoms with Crippen LogP contribution in [0.5, 0.6) is 11.5 Å². The minimum atomic E-state index is -0.251. The standard InChI is InChI=1S/C21H18N2O3/c1-26-19-13-7-8-15(20(19)24)14-22-18-12-6-5-11-17(18)21(25)23-16-9-3-2-4-10-16/h2-14,24H,1H3,(H,23,25). The molecular formula is C21H18N2O3. The fourth-order valence-corrected chi connectivity index (χ4v) is 2.45. The number of rotatable bonds is 5. The van der Waals surface area contributed by atoms with E-state index in [9.17, 15) is 9.90 Å². The van der Waals surface area contributed by atoms with Gasteiger partial charge in [0.05, 0.1) is 18.4 Å². The van der Waals surface area contributed by atoms with Crippen LogP contribution in [-0.4, -0.2) is 24.3 Å². The summed E-state index contributed by atoms with van der Waals surface area (Å²) in [5, 5.41) is 13.0. The lowest BCUT2D eigenvalue weighted by Crippen LogP contribution is -2.11. The van der Waals surface area contributed by atoms with Crippen LogP contribution in [0.1, 0.15) is 15.9 Å². The average molecular weight is 346 g/mol. The van der Waals surface area contributed by atoms with E-state index >= 15 is 0 Å². The van der Waals surface area contributed by atoms with Gasteiger partial charge in [-0.3, -0.25) is 9.79 Å². The van der Waals surface area contributed by atoms with E-state index in [1.54, 1.807) is 42.5 Å². The van der Waals surface area contributed by atoms with E-state index < -0.39 is 0 Å². The van der Waals surface area contributed by atoms with Crippen molar-refractivity contribution >= 4 is 23.5 Å². The molecule has 0 fully saturated rings. The van der Waals surface area contributed by atoms with Crippen molar-refractivity contribution in [3.8, 4) is 11.5 Å². The summed E-state index contributed by atoms with van der Waals surface area (Å²) in [5.41, 5.74) is 2.16. The SMILES string of the molecule is COc1cccc(C=Nc2ccccc2C(=O)Nc2ccccc2)c1O. The lowest BCUT2D eigenvalue weighted by atomic mass is 10.1. The Kier molecular flexibility index (Phi) is 5.29. The highest BCUT2D eigenvalue weighted by molar-refractivity contribution is 6.08. The number of aliphatic imine (C=N–C) groups is 1. The summed E-state index contributed by atoms with van der Waals surface area (Å²) in [7, 11) is 1.49. The maximum absolute atomic E-state index is 12.6. The number of hydrogen-bond donors (Lipinski definition) is 2. The summed E-state index contributed by atoms with van der Waals surface area (Å²) >= 11 is 0. The largest absolute Gasteiger partial charge is 0.504 e. The summed E-state index contributed by atoms with van der Waals surface area (Å²) in [6, 6.07) is 21.4. The van der Waals surface area contributed by atoms with Crippen LogP contribution in [0.4, 0.5) is 11.4 Å². The molecule has 1 amide bonds. The topological polar surface area (TPSA) is 70.9 Å².